The number of fused-ring (bicyclic) bond motifs is 1. The Hall–Kier alpha value is -2.98. The van der Waals surface area contributed by atoms with E-state index in [4.69, 9.17) is 9.47 Å². The Morgan fingerprint density at radius 3 is 2.22 bits per heavy atom. The summed E-state index contributed by atoms with van der Waals surface area (Å²) < 4.78 is 10.3. The number of amides is 2. The van der Waals surface area contributed by atoms with Gasteiger partial charge in [-0.3, -0.25) is 14.5 Å². The van der Waals surface area contributed by atoms with Gasteiger partial charge in [0.05, 0.1) is 31.4 Å². The van der Waals surface area contributed by atoms with Crippen LogP contribution in [0.25, 0.3) is 0 Å². The number of methoxy groups -OCH3 is 2. The summed E-state index contributed by atoms with van der Waals surface area (Å²) in [5.41, 5.74) is 1.92. The zero-order valence-electron chi connectivity index (χ0n) is 21.1. The molecule has 2 aromatic carbocycles. The lowest BCUT2D eigenvalue weighted by atomic mass is 9.92. The van der Waals surface area contributed by atoms with Gasteiger partial charge < -0.3 is 9.47 Å². The minimum absolute atomic E-state index is 0.208. The molecule has 1 heterocycles. The average Bonchev–Trinajstić information content (AvgIpc) is 3.17. The molecule has 1 atom stereocenters. The van der Waals surface area contributed by atoms with E-state index in [-0.39, 0.29) is 11.8 Å². The standard InChI is InChI=1S/C29H34N2O4S/c1-34-25-16-15-21(19-26(25)35-2)29(20-30,36-22-11-5-3-6-12-22)17-9-4-10-18-31-27(32)23-13-7-8-14-24(23)28(31)33/h7-8,13-16,19,22H,3-6,9-12,17-18H2,1-2H3. The Morgan fingerprint density at radius 1 is 0.944 bits per heavy atom. The van der Waals surface area contributed by atoms with E-state index in [9.17, 15) is 14.9 Å². The van der Waals surface area contributed by atoms with Gasteiger partial charge >= 0.3 is 0 Å². The van der Waals surface area contributed by atoms with Gasteiger partial charge in [-0.1, -0.05) is 50.3 Å². The summed E-state index contributed by atoms with van der Waals surface area (Å²) in [5.74, 6) is 0.863. The Kier molecular flexibility index (Phi) is 8.58. The second-order valence-electron chi connectivity index (χ2n) is 9.50. The number of hydrogen-bond donors (Lipinski definition) is 0. The molecule has 190 valence electrons. The summed E-state index contributed by atoms with van der Waals surface area (Å²) in [4.78, 5) is 26.6. The van der Waals surface area contributed by atoms with Crippen LogP contribution in [-0.2, 0) is 4.75 Å². The summed E-state index contributed by atoms with van der Waals surface area (Å²) in [6.07, 6.45) is 9.04. The molecule has 0 saturated heterocycles. The van der Waals surface area contributed by atoms with Gasteiger partial charge in [-0.15, -0.1) is 11.8 Å². The minimum Gasteiger partial charge on any atom is -0.493 e. The van der Waals surface area contributed by atoms with E-state index in [2.05, 4.69) is 6.07 Å². The number of nitriles is 1. The molecule has 0 radical (unpaired) electrons. The largest absolute Gasteiger partial charge is 0.493 e. The molecule has 6 nitrogen and oxygen atoms in total. The molecular weight excluding hydrogens is 472 g/mol. The van der Waals surface area contributed by atoms with Crippen LogP contribution in [0.2, 0.25) is 0 Å². The van der Waals surface area contributed by atoms with Gasteiger partial charge in [0.1, 0.15) is 4.75 Å². The van der Waals surface area contributed by atoms with Crippen molar-refractivity contribution in [3.63, 3.8) is 0 Å². The molecule has 2 amide bonds. The average molecular weight is 507 g/mol. The van der Waals surface area contributed by atoms with Crippen LogP contribution in [0.1, 0.15) is 84.1 Å². The molecule has 2 aliphatic rings. The number of imide groups is 1. The normalized spacial score (nSPS) is 17.4. The van der Waals surface area contributed by atoms with Gasteiger partial charge in [0.2, 0.25) is 0 Å². The highest BCUT2D eigenvalue weighted by molar-refractivity contribution is 8.01. The van der Waals surface area contributed by atoms with Crippen molar-refractivity contribution in [3.05, 3.63) is 59.2 Å². The zero-order valence-corrected chi connectivity index (χ0v) is 21.9. The Labute approximate surface area is 218 Å². The van der Waals surface area contributed by atoms with E-state index in [0.717, 1.165) is 31.2 Å². The maximum atomic E-state index is 12.6. The van der Waals surface area contributed by atoms with Gasteiger partial charge in [-0.2, -0.15) is 5.26 Å². The van der Waals surface area contributed by atoms with Gasteiger partial charge in [-0.05, 0) is 55.5 Å². The van der Waals surface area contributed by atoms with Gasteiger partial charge in [0, 0.05) is 11.8 Å². The molecule has 1 aliphatic carbocycles. The lowest BCUT2D eigenvalue weighted by molar-refractivity contribution is 0.0651. The maximum Gasteiger partial charge on any atom is 0.261 e. The van der Waals surface area contributed by atoms with Crippen molar-refractivity contribution in [1.29, 1.82) is 5.26 Å². The lowest BCUT2D eigenvalue weighted by Crippen LogP contribution is -2.30. The third kappa shape index (κ3) is 5.39. The molecule has 0 spiro atoms. The molecule has 1 saturated carbocycles. The molecule has 2 aromatic rings. The van der Waals surface area contributed by atoms with Crippen LogP contribution in [-0.4, -0.2) is 42.7 Å². The zero-order chi connectivity index (χ0) is 25.5. The van der Waals surface area contributed by atoms with E-state index >= 15 is 0 Å². The van der Waals surface area contributed by atoms with E-state index < -0.39 is 4.75 Å². The van der Waals surface area contributed by atoms with E-state index in [1.165, 1.54) is 24.2 Å². The molecule has 1 unspecified atom stereocenters. The molecule has 4 rings (SSSR count). The Balaban J connectivity index is 1.43. The van der Waals surface area contributed by atoms with Crippen molar-refractivity contribution in [1.82, 2.24) is 4.90 Å². The highest BCUT2D eigenvalue weighted by atomic mass is 32.2. The topological polar surface area (TPSA) is 79.6 Å². The number of unbranched alkanes of at least 4 members (excludes halogenated alkanes) is 2. The highest BCUT2D eigenvalue weighted by Crippen LogP contribution is 2.48. The van der Waals surface area contributed by atoms with Gasteiger partial charge in [0.25, 0.3) is 11.8 Å². The summed E-state index contributed by atoms with van der Waals surface area (Å²) in [5, 5.41) is 11.0. The molecule has 36 heavy (non-hydrogen) atoms. The molecule has 0 bridgehead atoms. The smallest absolute Gasteiger partial charge is 0.261 e. The van der Waals surface area contributed by atoms with Crippen LogP contribution >= 0.6 is 11.8 Å². The first-order valence-electron chi connectivity index (χ1n) is 12.8. The number of hydrogen-bond acceptors (Lipinski definition) is 6. The summed E-state index contributed by atoms with van der Waals surface area (Å²) in [6.45, 7) is 0.401. The third-order valence-corrected chi connectivity index (χ3v) is 8.98. The van der Waals surface area contributed by atoms with Gasteiger partial charge in [0.15, 0.2) is 11.5 Å². The fourth-order valence-electron chi connectivity index (χ4n) is 5.24. The molecule has 1 aliphatic heterocycles. The van der Waals surface area contributed by atoms with Crippen molar-refractivity contribution in [2.45, 2.75) is 67.8 Å². The quantitative estimate of drug-likeness (QED) is 0.261. The van der Waals surface area contributed by atoms with Crippen LogP contribution in [0, 0.1) is 11.3 Å². The maximum absolute atomic E-state index is 12.6. The molecule has 0 aromatic heterocycles. The van der Waals surface area contributed by atoms with E-state index in [0.29, 0.717) is 47.3 Å². The van der Waals surface area contributed by atoms with Crippen molar-refractivity contribution < 1.29 is 19.1 Å². The number of carbonyl (C=O) groups is 2. The van der Waals surface area contributed by atoms with Crippen molar-refractivity contribution in [3.8, 4) is 17.6 Å². The molecule has 0 N–H and O–H groups in total. The summed E-state index contributed by atoms with van der Waals surface area (Å²) in [6, 6.07) is 15.5. The minimum atomic E-state index is -0.683. The highest BCUT2D eigenvalue weighted by Gasteiger charge is 2.37. The molecular formula is C29H34N2O4S. The van der Waals surface area contributed by atoms with Crippen LogP contribution in [0.3, 0.4) is 0 Å². The molecule has 7 heteroatoms. The number of benzene rings is 2. The number of ether oxygens (including phenoxy) is 2. The first-order chi connectivity index (χ1) is 17.5. The Bertz CT molecular complexity index is 1100. The van der Waals surface area contributed by atoms with Crippen molar-refractivity contribution in [2.24, 2.45) is 0 Å². The predicted molar refractivity (Wildman–Crippen MR) is 142 cm³/mol. The monoisotopic (exact) mass is 506 g/mol. The number of rotatable bonds is 11. The van der Waals surface area contributed by atoms with Crippen LogP contribution in [0.5, 0.6) is 11.5 Å². The SMILES string of the molecule is COc1ccc(C(C#N)(CCCCCN2C(=O)c3ccccc3C2=O)SC2CCCCC2)cc1OC. The summed E-state index contributed by atoms with van der Waals surface area (Å²) >= 11 is 1.80. The van der Waals surface area contributed by atoms with E-state index in [1.54, 1.807) is 50.2 Å². The second-order valence-corrected chi connectivity index (χ2v) is 11.1. The van der Waals surface area contributed by atoms with Crippen molar-refractivity contribution in [2.75, 3.05) is 20.8 Å². The first-order valence-corrected chi connectivity index (χ1v) is 13.7. The first kappa shape index (κ1) is 26.1. The summed E-state index contributed by atoms with van der Waals surface area (Å²) in [7, 11) is 3.23. The predicted octanol–water partition coefficient (Wildman–Crippen LogP) is 6.35. The van der Waals surface area contributed by atoms with Crippen molar-refractivity contribution >= 4 is 23.6 Å². The lowest BCUT2D eigenvalue weighted by Gasteiger charge is -2.33. The fourth-order valence-corrected chi connectivity index (χ4v) is 6.95. The van der Waals surface area contributed by atoms with Crippen LogP contribution < -0.4 is 9.47 Å². The van der Waals surface area contributed by atoms with Crippen LogP contribution in [0.4, 0.5) is 0 Å². The number of thioether (sulfide) groups is 1. The molecule has 1 fully saturated rings. The van der Waals surface area contributed by atoms with E-state index in [1.807, 2.05) is 18.2 Å². The Morgan fingerprint density at radius 2 is 1.61 bits per heavy atom. The number of nitrogens with zero attached hydrogens (tertiary/aromatic N) is 2. The third-order valence-electron chi connectivity index (χ3n) is 7.24. The van der Waals surface area contributed by atoms with Crippen LogP contribution in [0.15, 0.2) is 42.5 Å². The second kappa shape index (κ2) is 11.8. The fraction of sp³-hybridized carbons (Fsp3) is 0.483. The number of carbonyl (C=O) groups excluding carboxylic acids is 2. The van der Waals surface area contributed by atoms with Gasteiger partial charge in [-0.25, -0.2) is 0 Å².